The summed E-state index contributed by atoms with van der Waals surface area (Å²) in [6, 6.07) is 0. The van der Waals surface area contributed by atoms with Crippen LogP contribution in [0.3, 0.4) is 0 Å². The quantitative estimate of drug-likeness (QED) is 0.377. The van der Waals surface area contributed by atoms with Crippen molar-refractivity contribution >= 4 is 21.8 Å². The van der Waals surface area contributed by atoms with Crippen LogP contribution >= 0.6 is 11.8 Å². The van der Waals surface area contributed by atoms with Crippen molar-refractivity contribution in [3.8, 4) is 0 Å². The van der Waals surface area contributed by atoms with Crippen LogP contribution in [0.2, 0.25) is 0 Å². The molecule has 0 aromatic carbocycles. The largest absolute Gasteiger partial charge is 0.324 e. The zero-order valence-electron chi connectivity index (χ0n) is 16.0. The van der Waals surface area contributed by atoms with Crippen molar-refractivity contribution in [2.75, 3.05) is 32.4 Å². The fraction of sp³-hybridized carbons (Fsp3) is 1.00. The Labute approximate surface area is 150 Å². The zero-order chi connectivity index (χ0) is 18.2. The van der Waals surface area contributed by atoms with Crippen molar-refractivity contribution in [3.05, 3.63) is 0 Å². The van der Waals surface area contributed by atoms with Gasteiger partial charge in [-0.2, -0.15) is 0 Å². The first-order valence-electron chi connectivity index (χ1n) is 9.23. The van der Waals surface area contributed by atoms with E-state index in [1.54, 1.807) is 4.24 Å². The van der Waals surface area contributed by atoms with E-state index in [4.69, 9.17) is 0 Å². The van der Waals surface area contributed by atoms with E-state index in [1.165, 1.54) is 82.0 Å². The predicted octanol–water partition coefficient (Wildman–Crippen LogP) is 4.69. The van der Waals surface area contributed by atoms with Crippen LogP contribution < -0.4 is 4.24 Å². The van der Waals surface area contributed by atoms with Crippen LogP contribution in [0.1, 0.15) is 79.1 Å². The van der Waals surface area contributed by atoms with Gasteiger partial charge in [-0.25, -0.2) is 8.42 Å². The van der Waals surface area contributed by atoms with E-state index in [9.17, 15) is 8.42 Å². The molecule has 0 saturated heterocycles. The molecule has 0 fully saturated rings. The molecular weight excluding hydrogens is 332 g/mol. The van der Waals surface area contributed by atoms with Crippen LogP contribution in [0.15, 0.2) is 0 Å². The third-order valence-corrected chi connectivity index (χ3v) is 5.21. The van der Waals surface area contributed by atoms with Gasteiger partial charge in [-0.05, 0) is 37.5 Å². The molecule has 0 aliphatic rings. The molecule has 0 aromatic rings. The Bertz CT molecular complexity index is 311. The smallest absolute Gasteiger partial charge is 0.222 e. The van der Waals surface area contributed by atoms with Crippen molar-refractivity contribution in [1.29, 1.82) is 0 Å². The monoisotopic (exact) mass is 371 g/mol. The van der Waals surface area contributed by atoms with Gasteiger partial charge in [0.25, 0.3) is 0 Å². The highest BCUT2D eigenvalue weighted by molar-refractivity contribution is 7.89. The molecular formula is C17H40ClN2O2S+. The van der Waals surface area contributed by atoms with E-state index >= 15 is 0 Å². The SMILES string of the molecule is CCCC[N+](CCCC)(CCCC)CCCC.CS(=O)(=O)NCl. The summed E-state index contributed by atoms with van der Waals surface area (Å²) in [6.07, 6.45) is 12.0. The maximum absolute atomic E-state index is 9.76. The minimum Gasteiger partial charge on any atom is -0.324 e. The van der Waals surface area contributed by atoms with Gasteiger partial charge in [0.1, 0.15) is 0 Å². The van der Waals surface area contributed by atoms with Gasteiger partial charge in [-0.15, -0.1) is 4.24 Å². The van der Waals surface area contributed by atoms with Gasteiger partial charge in [0, 0.05) is 0 Å². The summed E-state index contributed by atoms with van der Waals surface area (Å²) in [5.74, 6) is 0. The van der Waals surface area contributed by atoms with Crippen LogP contribution in [-0.2, 0) is 10.0 Å². The van der Waals surface area contributed by atoms with Crippen LogP contribution in [0.25, 0.3) is 0 Å². The molecule has 23 heavy (non-hydrogen) atoms. The van der Waals surface area contributed by atoms with E-state index in [1.807, 2.05) is 0 Å². The number of halogens is 1. The summed E-state index contributed by atoms with van der Waals surface area (Å²) < 4.78 is 22.5. The van der Waals surface area contributed by atoms with Gasteiger partial charge in [0.2, 0.25) is 10.0 Å². The van der Waals surface area contributed by atoms with Gasteiger partial charge in [0.05, 0.1) is 32.4 Å². The summed E-state index contributed by atoms with van der Waals surface area (Å²) in [7, 11) is -3.15. The minimum atomic E-state index is -3.15. The Hall–Kier alpha value is 0.160. The lowest BCUT2D eigenvalue weighted by atomic mass is 10.1. The van der Waals surface area contributed by atoms with Crippen LogP contribution in [0, 0.1) is 0 Å². The summed E-state index contributed by atoms with van der Waals surface area (Å²) in [4.78, 5) is 0. The van der Waals surface area contributed by atoms with Crippen molar-refractivity contribution in [1.82, 2.24) is 4.24 Å². The lowest BCUT2D eigenvalue weighted by molar-refractivity contribution is -0.929. The van der Waals surface area contributed by atoms with Crippen molar-refractivity contribution in [3.63, 3.8) is 0 Å². The number of quaternary nitrogens is 1. The third-order valence-electron chi connectivity index (χ3n) is 4.08. The fourth-order valence-electron chi connectivity index (χ4n) is 2.64. The first-order valence-corrected chi connectivity index (χ1v) is 11.5. The Kier molecular flexibility index (Phi) is 17.3. The summed E-state index contributed by atoms with van der Waals surface area (Å²) in [5, 5.41) is 0. The zero-order valence-corrected chi connectivity index (χ0v) is 17.6. The molecule has 1 N–H and O–H groups in total. The average molecular weight is 372 g/mol. The maximum Gasteiger partial charge on any atom is 0.222 e. The minimum absolute atomic E-state index is 0.972. The van der Waals surface area contributed by atoms with Gasteiger partial charge < -0.3 is 4.48 Å². The Morgan fingerprint density at radius 1 is 0.739 bits per heavy atom. The molecule has 0 aliphatic heterocycles. The number of rotatable bonds is 13. The molecule has 4 nitrogen and oxygen atoms in total. The van der Waals surface area contributed by atoms with Crippen molar-refractivity contribution < 1.29 is 12.9 Å². The summed E-state index contributed by atoms with van der Waals surface area (Å²) in [6.45, 7) is 15.0. The third kappa shape index (κ3) is 16.8. The van der Waals surface area contributed by atoms with E-state index in [2.05, 4.69) is 39.5 Å². The van der Waals surface area contributed by atoms with E-state index in [0.717, 1.165) is 6.26 Å². The summed E-state index contributed by atoms with van der Waals surface area (Å²) >= 11 is 4.64. The molecule has 0 unspecified atom stereocenters. The Morgan fingerprint density at radius 3 is 1.09 bits per heavy atom. The fourth-order valence-corrected chi connectivity index (χ4v) is 2.64. The normalized spacial score (nSPS) is 11.9. The number of hydrogen-bond donors (Lipinski definition) is 1. The molecule has 0 saturated carbocycles. The van der Waals surface area contributed by atoms with Crippen molar-refractivity contribution in [2.45, 2.75) is 79.1 Å². The molecule has 0 amide bonds. The van der Waals surface area contributed by atoms with Gasteiger partial charge in [-0.3, -0.25) is 0 Å². The highest BCUT2D eigenvalue weighted by atomic mass is 35.5. The van der Waals surface area contributed by atoms with Crippen LogP contribution in [-0.4, -0.2) is 45.3 Å². The number of hydrogen-bond acceptors (Lipinski definition) is 2. The molecule has 6 heteroatoms. The average Bonchev–Trinajstić information content (AvgIpc) is 2.53. The highest BCUT2D eigenvalue weighted by Crippen LogP contribution is 2.16. The van der Waals surface area contributed by atoms with E-state index < -0.39 is 10.0 Å². The first kappa shape index (κ1) is 25.4. The van der Waals surface area contributed by atoms with Crippen LogP contribution in [0.5, 0.6) is 0 Å². The highest BCUT2D eigenvalue weighted by Gasteiger charge is 2.24. The second-order valence-electron chi connectivity index (χ2n) is 6.50. The summed E-state index contributed by atoms with van der Waals surface area (Å²) in [5.41, 5.74) is 0. The predicted molar refractivity (Wildman–Crippen MR) is 103 cm³/mol. The maximum atomic E-state index is 9.76. The Morgan fingerprint density at radius 2 is 0.957 bits per heavy atom. The van der Waals surface area contributed by atoms with E-state index in [-0.39, 0.29) is 0 Å². The van der Waals surface area contributed by atoms with Crippen LogP contribution in [0.4, 0.5) is 0 Å². The number of nitrogens with one attached hydrogen (secondary N) is 1. The topological polar surface area (TPSA) is 46.2 Å². The first-order chi connectivity index (χ1) is 10.8. The van der Waals surface area contributed by atoms with Gasteiger partial charge in [0.15, 0.2) is 0 Å². The lowest BCUT2D eigenvalue weighted by Crippen LogP contribution is -2.50. The number of nitrogens with zero attached hydrogens (tertiary/aromatic N) is 1. The number of sulfonamides is 1. The second kappa shape index (κ2) is 15.7. The molecule has 142 valence electrons. The van der Waals surface area contributed by atoms with Gasteiger partial charge in [-0.1, -0.05) is 53.4 Å². The standard InChI is InChI=1S/C16H36N.CH4ClNO2S/c1-5-9-13-17(14-10-6-2,15-11-7-3)16-12-8-4;1-6(4,5)3-2/h5-16H2,1-4H3;3H,1H3/q+1;. The second-order valence-corrected chi connectivity index (χ2v) is 8.66. The van der Waals surface area contributed by atoms with E-state index in [0.29, 0.717) is 0 Å². The molecule has 0 radical (unpaired) electrons. The molecule has 0 rings (SSSR count). The molecule has 0 bridgehead atoms. The molecule has 0 atom stereocenters. The Balaban J connectivity index is 0. The van der Waals surface area contributed by atoms with Gasteiger partial charge >= 0.3 is 0 Å². The van der Waals surface area contributed by atoms with Crippen molar-refractivity contribution in [2.24, 2.45) is 0 Å². The molecule has 0 aliphatic carbocycles. The molecule has 0 spiro atoms. The lowest BCUT2D eigenvalue weighted by Gasteiger charge is -2.39. The molecule has 0 heterocycles. The number of unbranched alkanes of at least 4 members (excludes halogenated alkanes) is 4. The molecule has 0 aromatic heterocycles.